The summed E-state index contributed by atoms with van der Waals surface area (Å²) < 4.78 is 0. The lowest BCUT2D eigenvalue weighted by molar-refractivity contribution is 1.19. The van der Waals surface area contributed by atoms with E-state index in [9.17, 15) is 0 Å². The Bertz CT molecular complexity index is 704. The summed E-state index contributed by atoms with van der Waals surface area (Å²) in [5, 5.41) is 4.30. The highest BCUT2D eigenvalue weighted by atomic mass is 32.1. The maximum absolute atomic E-state index is 4.34. The number of thiophene rings is 1. The summed E-state index contributed by atoms with van der Waals surface area (Å²) in [6.07, 6.45) is 3.41. The van der Waals surface area contributed by atoms with Crippen molar-refractivity contribution in [3.05, 3.63) is 55.4 Å². The van der Waals surface area contributed by atoms with E-state index in [1.54, 1.807) is 17.7 Å². The van der Waals surface area contributed by atoms with Gasteiger partial charge in [-0.25, -0.2) is 9.97 Å². The van der Waals surface area contributed by atoms with Crippen molar-refractivity contribution in [3.63, 3.8) is 0 Å². The summed E-state index contributed by atoms with van der Waals surface area (Å²) in [4.78, 5) is 10.8. The maximum Gasteiger partial charge on any atom is 0.138 e. The lowest BCUT2D eigenvalue weighted by atomic mass is 10.2. The van der Waals surface area contributed by atoms with Crippen molar-refractivity contribution in [3.8, 4) is 10.4 Å². The molecule has 3 rings (SSSR count). The van der Waals surface area contributed by atoms with Crippen molar-refractivity contribution < 1.29 is 0 Å². The SMILES string of the molecule is C=CCNc1ncnc2sc(-c3ccccc3)cc12. The van der Waals surface area contributed by atoms with Crippen LogP contribution in [0.3, 0.4) is 0 Å². The Morgan fingerprint density at radius 1 is 1.21 bits per heavy atom. The Labute approximate surface area is 115 Å². The molecule has 3 aromatic rings. The number of fused-ring (bicyclic) bond motifs is 1. The number of hydrogen-bond acceptors (Lipinski definition) is 4. The molecule has 0 fully saturated rings. The zero-order chi connectivity index (χ0) is 13.1. The molecular weight excluding hydrogens is 254 g/mol. The summed E-state index contributed by atoms with van der Waals surface area (Å²) in [7, 11) is 0. The average molecular weight is 267 g/mol. The smallest absolute Gasteiger partial charge is 0.138 e. The highest BCUT2D eigenvalue weighted by Gasteiger charge is 2.09. The summed E-state index contributed by atoms with van der Waals surface area (Å²) in [5.41, 5.74) is 1.21. The minimum atomic E-state index is 0.697. The standard InChI is InChI=1S/C15H13N3S/c1-2-8-16-14-12-9-13(11-6-4-3-5-7-11)19-15(12)18-10-17-14/h2-7,9-10H,1,8H2,(H,16,17,18). The van der Waals surface area contributed by atoms with Gasteiger partial charge in [-0.1, -0.05) is 36.4 Å². The summed E-state index contributed by atoms with van der Waals surface area (Å²) in [6.45, 7) is 4.40. The van der Waals surface area contributed by atoms with E-state index in [1.165, 1.54) is 10.4 Å². The molecule has 0 spiro atoms. The molecule has 0 radical (unpaired) electrons. The molecule has 2 aromatic heterocycles. The van der Waals surface area contributed by atoms with Gasteiger partial charge in [-0.05, 0) is 11.6 Å². The zero-order valence-corrected chi connectivity index (χ0v) is 11.2. The molecule has 0 amide bonds. The van der Waals surface area contributed by atoms with Crippen molar-refractivity contribution in [2.75, 3.05) is 11.9 Å². The molecule has 0 saturated heterocycles. The molecule has 0 atom stereocenters. The van der Waals surface area contributed by atoms with Crippen LogP contribution in [0.4, 0.5) is 5.82 Å². The minimum Gasteiger partial charge on any atom is -0.366 e. The van der Waals surface area contributed by atoms with Crippen LogP contribution < -0.4 is 5.32 Å². The van der Waals surface area contributed by atoms with Crippen LogP contribution in [0.5, 0.6) is 0 Å². The lowest BCUT2D eigenvalue weighted by Gasteiger charge is -2.01. The second-order valence-electron chi connectivity index (χ2n) is 4.09. The van der Waals surface area contributed by atoms with Gasteiger partial charge in [-0.2, -0.15) is 0 Å². The summed E-state index contributed by atoms with van der Waals surface area (Å²) >= 11 is 1.68. The molecule has 19 heavy (non-hydrogen) atoms. The highest BCUT2D eigenvalue weighted by molar-refractivity contribution is 7.21. The fraction of sp³-hybridized carbons (Fsp3) is 0.0667. The highest BCUT2D eigenvalue weighted by Crippen LogP contribution is 2.34. The third-order valence-corrected chi connectivity index (χ3v) is 3.89. The molecule has 0 bridgehead atoms. The van der Waals surface area contributed by atoms with Gasteiger partial charge in [0.15, 0.2) is 0 Å². The normalized spacial score (nSPS) is 10.5. The first-order chi connectivity index (χ1) is 9.38. The van der Waals surface area contributed by atoms with Crippen LogP contribution in [0.15, 0.2) is 55.4 Å². The van der Waals surface area contributed by atoms with Crippen molar-refractivity contribution in [2.24, 2.45) is 0 Å². The first kappa shape index (κ1) is 11.9. The van der Waals surface area contributed by atoms with Crippen LogP contribution in [0.25, 0.3) is 20.7 Å². The molecule has 3 nitrogen and oxygen atoms in total. The Hall–Kier alpha value is -2.20. The Kier molecular flexibility index (Phi) is 3.25. The van der Waals surface area contributed by atoms with Gasteiger partial charge in [0.1, 0.15) is 17.0 Å². The van der Waals surface area contributed by atoms with Crippen LogP contribution >= 0.6 is 11.3 Å². The Balaban J connectivity index is 2.08. The molecular formula is C15H13N3S. The molecule has 1 aromatic carbocycles. The van der Waals surface area contributed by atoms with Crippen molar-refractivity contribution in [2.45, 2.75) is 0 Å². The number of hydrogen-bond donors (Lipinski definition) is 1. The second-order valence-corrected chi connectivity index (χ2v) is 5.12. The first-order valence-electron chi connectivity index (χ1n) is 6.03. The molecule has 2 heterocycles. The van der Waals surface area contributed by atoms with Crippen LogP contribution in [0.2, 0.25) is 0 Å². The van der Waals surface area contributed by atoms with Gasteiger partial charge in [-0.15, -0.1) is 17.9 Å². The second kappa shape index (κ2) is 5.20. The fourth-order valence-electron chi connectivity index (χ4n) is 1.91. The quantitative estimate of drug-likeness (QED) is 0.727. The van der Waals surface area contributed by atoms with Crippen molar-refractivity contribution in [1.29, 1.82) is 0 Å². The van der Waals surface area contributed by atoms with Gasteiger partial charge in [-0.3, -0.25) is 0 Å². The zero-order valence-electron chi connectivity index (χ0n) is 10.3. The van der Waals surface area contributed by atoms with Crippen molar-refractivity contribution in [1.82, 2.24) is 9.97 Å². The molecule has 1 N–H and O–H groups in total. The third kappa shape index (κ3) is 2.35. The van der Waals surface area contributed by atoms with Gasteiger partial charge >= 0.3 is 0 Å². The summed E-state index contributed by atoms with van der Waals surface area (Å²) in [6, 6.07) is 12.5. The molecule has 0 unspecified atom stereocenters. The van der Waals surface area contributed by atoms with E-state index in [1.807, 2.05) is 24.3 Å². The van der Waals surface area contributed by atoms with E-state index in [2.05, 4.69) is 40.1 Å². The monoisotopic (exact) mass is 267 g/mol. The average Bonchev–Trinajstić information content (AvgIpc) is 2.90. The van der Waals surface area contributed by atoms with E-state index < -0.39 is 0 Å². The number of nitrogens with one attached hydrogen (secondary N) is 1. The number of nitrogens with zero attached hydrogens (tertiary/aromatic N) is 2. The van der Waals surface area contributed by atoms with E-state index in [0.29, 0.717) is 6.54 Å². The summed E-state index contributed by atoms with van der Waals surface area (Å²) in [5.74, 6) is 0.864. The fourth-order valence-corrected chi connectivity index (χ4v) is 2.91. The first-order valence-corrected chi connectivity index (χ1v) is 6.85. The topological polar surface area (TPSA) is 37.8 Å². The van der Waals surface area contributed by atoms with Crippen LogP contribution in [-0.4, -0.2) is 16.5 Å². The predicted molar refractivity (Wildman–Crippen MR) is 81.5 cm³/mol. The number of benzene rings is 1. The minimum absolute atomic E-state index is 0.697. The molecule has 0 aliphatic rings. The van der Waals surface area contributed by atoms with E-state index in [-0.39, 0.29) is 0 Å². The molecule has 0 saturated carbocycles. The molecule has 0 aliphatic heterocycles. The van der Waals surface area contributed by atoms with E-state index in [0.717, 1.165) is 16.0 Å². The number of aromatic nitrogens is 2. The molecule has 4 heteroatoms. The Morgan fingerprint density at radius 2 is 2.05 bits per heavy atom. The van der Waals surface area contributed by atoms with Crippen LogP contribution in [-0.2, 0) is 0 Å². The van der Waals surface area contributed by atoms with E-state index in [4.69, 9.17) is 0 Å². The Morgan fingerprint density at radius 3 is 2.84 bits per heavy atom. The molecule has 0 aliphatic carbocycles. The largest absolute Gasteiger partial charge is 0.366 e. The van der Waals surface area contributed by atoms with Crippen LogP contribution in [0, 0.1) is 0 Å². The number of rotatable bonds is 4. The number of anilines is 1. The van der Waals surface area contributed by atoms with Gasteiger partial charge in [0.05, 0.1) is 5.39 Å². The van der Waals surface area contributed by atoms with Gasteiger partial charge in [0.2, 0.25) is 0 Å². The predicted octanol–water partition coefficient (Wildman–Crippen LogP) is 3.96. The molecule has 94 valence electrons. The van der Waals surface area contributed by atoms with E-state index >= 15 is 0 Å². The third-order valence-electron chi connectivity index (χ3n) is 2.80. The van der Waals surface area contributed by atoms with Gasteiger partial charge in [0, 0.05) is 11.4 Å². The van der Waals surface area contributed by atoms with Crippen LogP contribution in [0.1, 0.15) is 0 Å². The lowest BCUT2D eigenvalue weighted by Crippen LogP contribution is -2.00. The van der Waals surface area contributed by atoms with Gasteiger partial charge in [0.25, 0.3) is 0 Å². The maximum atomic E-state index is 4.34. The van der Waals surface area contributed by atoms with Crippen molar-refractivity contribution >= 4 is 27.4 Å². The van der Waals surface area contributed by atoms with Gasteiger partial charge < -0.3 is 5.32 Å².